The van der Waals surface area contributed by atoms with Gasteiger partial charge < -0.3 is 14.8 Å². The van der Waals surface area contributed by atoms with Gasteiger partial charge in [0.2, 0.25) is 5.91 Å². The maximum absolute atomic E-state index is 11.8. The predicted molar refractivity (Wildman–Crippen MR) is 89.5 cm³/mol. The van der Waals surface area contributed by atoms with Crippen LogP contribution in [0.3, 0.4) is 0 Å². The van der Waals surface area contributed by atoms with E-state index in [0.717, 1.165) is 23.6 Å². The van der Waals surface area contributed by atoms with E-state index in [1.54, 1.807) is 18.7 Å². The highest BCUT2D eigenvalue weighted by molar-refractivity contribution is 7.99. The molecule has 1 aromatic rings. The summed E-state index contributed by atoms with van der Waals surface area (Å²) in [6, 6.07) is 7.41. The molecule has 0 spiro atoms. The Hall–Kier alpha value is -1.73. The fourth-order valence-corrected chi connectivity index (χ4v) is 3.06. The van der Waals surface area contributed by atoms with Crippen molar-refractivity contribution in [3.05, 3.63) is 29.8 Å². The van der Waals surface area contributed by atoms with Crippen LogP contribution in [0.25, 0.3) is 0 Å². The van der Waals surface area contributed by atoms with Gasteiger partial charge in [0.05, 0.1) is 12.6 Å². The Kier molecular flexibility index (Phi) is 7.22. The average Bonchev–Trinajstić information content (AvgIpc) is 3.09. The molecule has 1 atom stereocenters. The third-order valence-corrected chi connectivity index (χ3v) is 4.27. The summed E-state index contributed by atoms with van der Waals surface area (Å²) in [5.74, 6) is 1.98. The van der Waals surface area contributed by atoms with Crippen molar-refractivity contribution >= 4 is 23.6 Å². The number of ether oxygens (including phenoxy) is 2. The zero-order chi connectivity index (χ0) is 16.5. The lowest BCUT2D eigenvalue weighted by Gasteiger charge is -2.10. The first-order chi connectivity index (χ1) is 11.2. The maximum Gasteiger partial charge on any atom is 0.344 e. The summed E-state index contributed by atoms with van der Waals surface area (Å²) in [6.45, 7) is 2.62. The first-order valence-corrected chi connectivity index (χ1v) is 8.80. The van der Waals surface area contributed by atoms with Gasteiger partial charge in [-0.15, -0.1) is 11.8 Å². The van der Waals surface area contributed by atoms with Crippen molar-refractivity contribution in [3.8, 4) is 5.75 Å². The van der Waals surface area contributed by atoms with Crippen LogP contribution >= 0.6 is 11.8 Å². The Morgan fingerprint density at radius 1 is 1.35 bits per heavy atom. The summed E-state index contributed by atoms with van der Waals surface area (Å²) in [5.41, 5.74) is 1.10. The fourth-order valence-electron chi connectivity index (χ4n) is 2.11. The lowest BCUT2D eigenvalue weighted by atomic mass is 10.1. The summed E-state index contributed by atoms with van der Waals surface area (Å²) in [6.07, 6.45) is 0.754. The predicted octanol–water partition coefficient (Wildman–Crippen LogP) is 0.950. The van der Waals surface area contributed by atoms with Gasteiger partial charge in [-0.3, -0.25) is 10.1 Å². The first-order valence-electron chi connectivity index (χ1n) is 7.65. The van der Waals surface area contributed by atoms with Gasteiger partial charge in [0, 0.05) is 18.2 Å². The SMILES string of the molecule is CCOC(=O)COc1ccc(CCNC(=O)C2CSCN2)cc1. The van der Waals surface area contributed by atoms with Gasteiger partial charge in [0.15, 0.2) is 6.61 Å². The summed E-state index contributed by atoms with van der Waals surface area (Å²) >= 11 is 1.73. The number of esters is 1. The zero-order valence-corrected chi connectivity index (χ0v) is 14.0. The quantitative estimate of drug-likeness (QED) is 0.687. The van der Waals surface area contributed by atoms with Gasteiger partial charge >= 0.3 is 5.97 Å². The standard InChI is InChI=1S/C16H22N2O4S/c1-2-21-15(19)9-22-13-5-3-12(4-6-13)7-8-17-16(20)14-10-23-11-18-14/h3-6,14,18H,2,7-11H2,1H3,(H,17,20). The van der Waals surface area contributed by atoms with Crippen molar-refractivity contribution in [3.63, 3.8) is 0 Å². The minimum atomic E-state index is -0.377. The van der Waals surface area contributed by atoms with Crippen LogP contribution < -0.4 is 15.4 Å². The molecule has 0 saturated carbocycles. The van der Waals surface area contributed by atoms with E-state index >= 15 is 0 Å². The zero-order valence-electron chi connectivity index (χ0n) is 13.2. The molecule has 126 valence electrons. The maximum atomic E-state index is 11.8. The topological polar surface area (TPSA) is 76.7 Å². The molecule has 1 saturated heterocycles. The van der Waals surface area contributed by atoms with Gasteiger partial charge in [-0.2, -0.15) is 0 Å². The second-order valence-corrected chi connectivity index (χ2v) is 6.08. The van der Waals surface area contributed by atoms with Crippen LogP contribution in [0.15, 0.2) is 24.3 Å². The molecule has 1 unspecified atom stereocenters. The Bertz CT molecular complexity index is 515. The average molecular weight is 338 g/mol. The van der Waals surface area contributed by atoms with Crippen LogP contribution in [0.2, 0.25) is 0 Å². The number of amides is 1. The minimum Gasteiger partial charge on any atom is -0.482 e. The highest BCUT2D eigenvalue weighted by Gasteiger charge is 2.21. The molecule has 2 N–H and O–H groups in total. The molecule has 0 bridgehead atoms. The number of hydrogen-bond acceptors (Lipinski definition) is 6. The van der Waals surface area contributed by atoms with E-state index in [1.807, 2.05) is 24.3 Å². The second-order valence-electron chi connectivity index (χ2n) is 5.05. The molecule has 1 fully saturated rings. The fraction of sp³-hybridized carbons (Fsp3) is 0.500. The highest BCUT2D eigenvalue weighted by Crippen LogP contribution is 2.13. The Balaban J connectivity index is 1.68. The van der Waals surface area contributed by atoms with Crippen molar-refractivity contribution in [1.82, 2.24) is 10.6 Å². The Morgan fingerprint density at radius 2 is 2.13 bits per heavy atom. The lowest BCUT2D eigenvalue weighted by molar-refractivity contribution is -0.145. The minimum absolute atomic E-state index is 0.0596. The first kappa shape index (κ1) is 17.6. The van der Waals surface area contributed by atoms with E-state index in [4.69, 9.17) is 9.47 Å². The van der Waals surface area contributed by atoms with Gasteiger partial charge in [0.1, 0.15) is 5.75 Å². The van der Waals surface area contributed by atoms with E-state index in [9.17, 15) is 9.59 Å². The number of thioether (sulfide) groups is 1. The normalized spacial score (nSPS) is 16.8. The van der Waals surface area contributed by atoms with Crippen molar-refractivity contribution in [2.75, 3.05) is 31.4 Å². The van der Waals surface area contributed by atoms with Crippen molar-refractivity contribution in [2.45, 2.75) is 19.4 Å². The van der Waals surface area contributed by atoms with Gasteiger partial charge in [-0.05, 0) is 31.0 Å². The molecular weight excluding hydrogens is 316 g/mol. The molecule has 1 aliphatic heterocycles. The van der Waals surface area contributed by atoms with E-state index in [0.29, 0.717) is 18.9 Å². The smallest absolute Gasteiger partial charge is 0.344 e. The van der Waals surface area contributed by atoms with Crippen LogP contribution in [0, 0.1) is 0 Å². The van der Waals surface area contributed by atoms with Crippen molar-refractivity contribution in [1.29, 1.82) is 0 Å². The summed E-state index contributed by atoms with van der Waals surface area (Å²) in [5, 5.41) is 6.08. The Labute approximate surface area is 140 Å². The van der Waals surface area contributed by atoms with Gasteiger partial charge in [-0.1, -0.05) is 12.1 Å². The molecule has 2 rings (SSSR count). The molecule has 1 heterocycles. The monoisotopic (exact) mass is 338 g/mol. The second kappa shape index (κ2) is 9.42. The van der Waals surface area contributed by atoms with Crippen LogP contribution in [0.4, 0.5) is 0 Å². The number of carbonyl (C=O) groups is 2. The third kappa shape index (κ3) is 6.11. The molecule has 0 radical (unpaired) electrons. The van der Waals surface area contributed by atoms with Gasteiger partial charge in [-0.25, -0.2) is 4.79 Å². The van der Waals surface area contributed by atoms with E-state index in [2.05, 4.69) is 10.6 Å². The van der Waals surface area contributed by atoms with Crippen LogP contribution in [0.5, 0.6) is 5.75 Å². The highest BCUT2D eigenvalue weighted by atomic mass is 32.2. The number of hydrogen-bond donors (Lipinski definition) is 2. The van der Waals surface area contributed by atoms with Crippen LogP contribution in [-0.4, -0.2) is 49.3 Å². The third-order valence-electron chi connectivity index (χ3n) is 3.33. The molecule has 6 nitrogen and oxygen atoms in total. The van der Waals surface area contributed by atoms with Crippen molar-refractivity contribution in [2.24, 2.45) is 0 Å². The molecule has 23 heavy (non-hydrogen) atoms. The van der Waals surface area contributed by atoms with Gasteiger partial charge in [0.25, 0.3) is 0 Å². The number of nitrogens with one attached hydrogen (secondary N) is 2. The number of rotatable bonds is 8. The molecule has 0 aromatic heterocycles. The molecule has 0 aliphatic carbocycles. The van der Waals surface area contributed by atoms with E-state index in [1.165, 1.54) is 0 Å². The van der Waals surface area contributed by atoms with Crippen molar-refractivity contribution < 1.29 is 19.1 Å². The lowest BCUT2D eigenvalue weighted by Crippen LogP contribution is -2.42. The largest absolute Gasteiger partial charge is 0.482 e. The summed E-state index contributed by atoms with van der Waals surface area (Å²) in [7, 11) is 0. The molecule has 1 aromatic carbocycles. The Morgan fingerprint density at radius 3 is 2.78 bits per heavy atom. The van der Waals surface area contributed by atoms with E-state index < -0.39 is 0 Å². The van der Waals surface area contributed by atoms with Crippen LogP contribution in [-0.2, 0) is 20.7 Å². The molecular formula is C16H22N2O4S. The number of carbonyl (C=O) groups excluding carboxylic acids is 2. The molecule has 7 heteroatoms. The van der Waals surface area contributed by atoms with Crippen LogP contribution in [0.1, 0.15) is 12.5 Å². The molecule has 1 aliphatic rings. The molecule has 1 amide bonds. The summed E-state index contributed by atoms with van der Waals surface area (Å²) < 4.78 is 10.1. The van der Waals surface area contributed by atoms with E-state index in [-0.39, 0.29) is 24.5 Å². The number of benzene rings is 1. The summed E-state index contributed by atoms with van der Waals surface area (Å²) in [4.78, 5) is 23.0.